The minimum Gasteiger partial charge on any atom is -0.462 e. The highest BCUT2D eigenvalue weighted by Gasteiger charge is 2.32. The summed E-state index contributed by atoms with van der Waals surface area (Å²) in [6.07, 6.45) is 2.42. The van der Waals surface area contributed by atoms with E-state index in [4.69, 9.17) is 9.47 Å². The molecule has 0 N–H and O–H groups in total. The largest absolute Gasteiger partial charge is 0.462 e. The Morgan fingerprint density at radius 1 is 0.949 bits per heavy atom. The number of benzene rings is 3. The first-order valence-electron chi connectivity index (χ1n) is 12.9. The third kappa shape index (κ3) is 6.88. The van der Waals surface area contributed by atoms with Gasteiger partial charge in [0.1, 0.15) is 11.6 Å². The summed E-state index contributed by atoms with van der Waals surface area (Å²) >= 11 is 1.80. The predicted molar refractivity (Wildman–Crippen MR) is 148 cm³/mol. The lowest BCUT2D eigenvalue weighted by molar-refractivity contribution is 0.0488. The molecule has 0 fully saturated rings. The monoisotopic (exact) mass is 548 g/mol. The Morgan fingerprint density at radius 3 is 2.38 bits per heavy atom. The molecule has 0 spiro atoms. The van der Waals surface area contributed by atoms with Crippen LogP contribution in [0.1, 0.15) is 76.1 Å². The van der Waals surface area contributed by atoms with Gasteiger partial charge in [-0.1, -0.05) is 24.8 Å². The van der Waals surface area contributed by atoms with Crippen molar-refractivity contribution in [2.24, 2.45) is 0 Å². The van der Waals surface area contributed by atoms with Crippen LogP contribution in [0.2, 0.25) is 0 Å². The van der Waals surface area contributed by atoms with E-state index in [9.17, 15) is 18.4 Å². The standard InChI is InChI=1S/C32H30F2O4S/c1-4-37-30(35)25-12-11-23(28(34)20-25)10-7-22-8-13-29-26(18-22)32(3,15-17-39-29)14-5-16-38-31(36)24-9-6-21(2)27(33)19-24/h6,8-9,11-13,18-20H,4-5,14-17H2,1-3H3. The first kappa shape index (κ1) is 28.4. The first-order chi connectivity index (χ1) is 18.7. The molecule has 202 valence electrons. The summed E-state index contributed by atoms with van der Waals surface area (Å²) in [5.74, 6) is 4.82. The highest BCUT2D eigenvalue weighted by Crippen LogP contribution is 2.44. The lowest BCUT2D eigenvalue weighted by Crippen LogP contribution is -2.27. The van der Waals surface area contributed by atoms with Gasteiger partial charge in [0.15, 0.2) is 0 Å². The zero-order valence-corrected chi connectivity index (χ0v) is 23.1. The molecule has 1 atom stereocenters. The third-order valence-electron chi connectivity index (χ3n) is 6.88. The Hall–Kier alpha value is -3.63. The molecule has 3 aromatic rings. The minimum atomic E-state index is -0.575. The zero-order chi connectivity index (χ0) is 28.0. The number of thioether (sulfide) groups is 1. The summed E-state index contributed by atoms with van der Waals surface area (Å²) in [6, 6.07) is 14.5. The number of ether oxygens (including phenoxy) is 2. The van der Waals surface area contributed by atoms with Crippen LogP contribution in [-0.4, -0.2) is 30.9 Å². The average Bonchev–Trinajstić information content (AvgIpc) is 2.92. The fourth-order valence-corrected chi connectivity index (χ4v) is 5.91. The molecule has 0 radical (unpaired) electrons. The molecule has 1 heterocycles. The number of rotatable bonds is 7. The molecule has 0 bridgehead atoms. The molecule has 1 aliphatic rings. The van der Waals surface area contributed by atoms with Crippen molar-refractivity contribution < 1.29 is 27.8 Å². The van der Waals surface area contributed by atoms with Crippen LogP contribution in [0.4, 0.5) is 8.78 Å². The summed E-state index contributed by atoms with van der Waals surface area (Å²) in [5, 5.41) is 0. The number of fused-ring (bicyclic) bond motifs is 1. The van der Waals surface area contributed by atoms with E-state index < -0.39 is 23.6 Å². The summed E-state index contributed by atoms with van der Waals surface area (Å²) in [4.78, 5) is 25.3. The van der Waals surface area contributed by atoms with Crippen LogP contribution in [0.3, 0.4) is 0 Å². The molecule has 0 aromatic heterocycles. The fraction of sp³-hybridized carbons (Fsp3) is 0.312. The van der Waals surface area contributed by atoms with Crippen molar-refractivity contribution in [1.82, 2.24) is 0 Å². The molecule has 7 heteroatoms. The molecule has 39 heavy (non-hydrogen) atoms. The fourth-order valence-electron chi connectivity index (χ4n) is 4.51. The van der Waals surface area contributed by atoms with Gasteiger partial charge < -0.3 is 9.47 Å². The Bertz CT molecular complexity index is 1460. The molecule has 1 unspecified atom stereocenters. The maximum atomic E-state index is 14.6. The molecular weight excluding hydrogens is 518 g/mol. The zero-order valence-electron chi connectivity index (χ0n) is 22.2. The quantitative estimate of drug-likeness (QED) is 0.177. The van der Waals surface area contributed by atoms with E-state index in [2.05, 4.69) is 24.8 Å². The van der Waals surface area contributed by atoms with Crippen LogP contribution < -0.4 is 0 Å². The van der Waals surface area contributed by atoms with Crippen LogP contribution >= 0.6 is 11.8 Å². The normalized spacial score (nSPS) is 16.0. The number of aryl methyl sites for hydroxylation is 1. The maximum Gasteiger partial charge on any atom is 0.338 e. The average molecular weight is 549 g/mol. The van der Waals surface area contributed by atoms with E-state index in [-0.39, 0.29) is 35.3 Å². The molecule has 4 rings (SSSR count). The van der Waals surface area contributed by atoms with Crippen molar-refractivity contribution in [3.63, 3.8) is 0 Å². The molecule has 0 saturated heterocycles. The second kappa shape index (κ2) is 12.5. The van der Waals surface area contributed by atoms with Gasteiger partial charge in [0.25, 0.3) is 0 Å². The summed E-state index contributed by atoms with van der Waals surface area (Å²) in [7, 11) is 0. The highest BCUT2D eigenvalue weighted by atomic mass is 32.2. The van der Waals surface area contributed by atoms with Gasteiger partial charge in [-0.25, -0.2) is 18.4 Å². The van der Waals surface area contributed by atoms with Gasteiger partial charge in [-0.2, -0.15) is 0 Å². The first-order valence-corrected chi connectivity index (χ1v) is 13.9. The molecule has 0 amide bonds. The summed E-state index contributed by atoms with van der Waals surface area (Å²) < 4.78 is 38.7. The molecule has 3 aromatic carbocycles. The van der Waals surface area contributed by atoms with Crippen LogP contribution in [-0.2, 0) is 14.9 Å². The van der Waals surface area contributed by atoms with Gasteiger partial charge in [-0.15, -0.1) is 11.8 Å². The van der Waals surface area contributed by atoms with Crippen molar-refractivity contribution in [2.45, 2.75) is 50.3 Å². The van der Waals surface area contributed by atoms with Gasteiger partial charge in [0, 0.05) is 10.5 Å². The molecule has 1 aliphatic heterocycles. The second-order valence-electron chi connectivity index (χ2n) is 9.74. The Balaban J connectivity index is 1.43. The van der Waals surface area contributed by atoms with Crippen molar-refractivity contribution in [3.8, 4) is 11.8 Å². The van der Waals surface area contributed by atoms with E-state index in [0.29, 0.717) is 12.0 Å². The predicted octanol–water partition coefficient (Wildman–Crippen LogP) is 7.24. The van der Waals surface area contributed by atoms with E-state index in [1.807, 2.05) is 12.1 Å². The van der Waals surface area contributed by atoms with E-state index in [1.165, 1.54) is 28.7 Å². The van der Waals surface area contributed by atoms with Gasteiger partial charge in [-0.05, 0) is 104 Å². The van der Waals surface area contributed by atoms with E-state index >= 15 is 0 Å². The van der Waals surface area contributed by atoms with Gasteiger partial charge in [0.05, 0.1) is 29.9 Å². The second-order valence-corrected chi connectivity index (χ2v) is 10.9. The Labute approximate surface area is 232 Å². The summed E-state index contributed by atoms with van der Waals surface area (Å²) in [5.41, 5.74) is 2.85. The minimum absolute atomic E-state index is 0.132. The molecule has 4 nitrogen and oxygen atoms in total. The molecule has 0 aliphatic carbocycles. The van der Waals surface area contributed by atoms with Crippen LogP contribution in [0.15, 0.2) is 59.5 Å². The lowest BCUT2D eigenvalue weighted by Gasteiger charge is -2.36. The number of halogens is 2. The van der Waals surface area contributed by atoms with Crippen LogP contribution in [0.25, 0.3) is 0 Å². The molecular formula is C32H30F2O4S. The topological polar surface area (TPSA) is 52.6 Å². The lowest BCUT2D eigenvalue weighted by atomic mass is 9.75. The molecule has 0 saturated carbocycles. The van der Waals surface area contributed by atoms with Crippen LogP contribution in [0, 0.1) is 30.4 Å². The SMILES string of the molecule is CCOC(=O)c1ccc(C#Cc2ccc3c(c2)C(C)(CCCOC(=O)c2ccc(C)c(F)c2)CCS3)c(F)c1. The van der Waals surface area contributed by atoms with E-state index in [0.717, 1.165) is 30.2 Å². The number of carbonyl (C=O) groups is 2. The number of carbonyl (C=O) groups excluding carboxylic acids is 2. The number of hydrogen-bond acceptors (Lipinski definition) is 5. The van der Waals surface area contributed by atoms with Crippen LogP contribution in [0.5, 0.6) is 0 Å². The van der Waals surface area contributed by atoms with Crippen molar-refractivity contribution in [2.75, 3.05) is 19.0 Å². The third-order valence-corrected chi connectivity index (χ3v) is 7.95. The van der Waals surface area contributed by atoms with Gasteiger partial charge in [0.2, 0.25) is 0 Å². The Morgan fingerprint density at radius 2 is 1.67 bits per heavy atom. The smallest absolute Gasteiger partial charge is 0.338 e. The van der Waals surface area contributed by atoms with Crippen molar-refractivity contribution in [3.05, 3.63) is 99.6 Å². The van der Waals surface area contributed by atoms with Crippen molar-refractivity contribution in [1.29, 1.82) is 0 Å². The van der Waals surface area contributed by atoms with Gasteiger partial charge >= 0.3 is 11.9 Å². The van der Waals surface area contributed by atoms with E-state index in [1.54, 1.807) is 37.7 Å². The Kier molecular flexibility index (Phi) is 9.08. The van der Waals surface area contributed by atoms with Crippen molar-refractivity contribution >= 4 is 23.7 Å². The number of hydrogen-bond donors (Lipinski definition) is 0. The summed E-state index contributed by atoms with van der Waals surface area (Å²) in [6.45, 7) is 6.00. The maximum absolute atomic E-state index is 14.6. The highest BCUT2D eigenvalue weighted by molar-refractivity contribution is 7.99. The number of esters is 2. The van der Waals surface area contributed by atoms with Gasteiger partial charge in [-0.3, -0.25) is 0 Å².